The highest BCUT2D eigenvalue weighted by atomic mass is 31.3. The summed E-state index contributed by atoms with van der Waals surface area (Å²) < 4.78 is 77.5. The number of amides is 2. The lowest BCUT2D eigenvalue weighted by Gasteiger charge is -2.35. The monoisotopic (exact) mass is 741 g/mol. The molecule has 2 amide bonds. The second kappa shape index (κ2) is 14.1. The zero-order chi connectivity index (χ0) is 35.1. The molecule has 4 heterocycles. The number of ether oxygens (including phenoxy) is 4. The number of carbonyl (C=O) groups is 1. The summed E-state index contributed by atoms with van der Waals surface area (Å²) in [6, 6.07) is 16.2. The molecule has 17 nitrogen and oxygen atoms in total. The zero-order valence-electron chi connectivity index (χ0n) is 26.2. The lowest BCUT2D eigenvalue weighted by molar-refractivity contribution is -0.253. The second-order valence-corrected chi connectivity index (χ2v) is 16.2. The summed E-state index contributed by atoms with van der Waals surface area (Å²) in [5.41, 5.74) is 3.29. The van der Waals surface area contributed by atoms with Crippen molar-refractivity contribution in [1.82, 2.24) is 10.2 Å². The molecular weight excluding hydrogens is 709 g/mol. The van der Waals surface area contributed by atoms with E-state index in [0.717, 1.165) is 16.7 Å². The standard InChI is InChI=1S/C29H35N2O15P3/c1-17(2)44-48(35,36)46-49(37,38)45-47(33,34)39-16-23-25-26(43-24(42-25)13-19-9-5-4-6-10-19)28(41-23)31-15-21-14-22(40-27(21)30-29(31)32)20-11-7-8-18(3)12-20/h4-12,14-15,17,23-28H,13,16H2,1-3H3,(H,30,32)(H,33,34)(H,35,36)(H,37,38)/p-3/t23-,24?,25?,26+,27?,28-/m1/s1. The third-order valence-corrected chi connectivity index (χ3v) is 11.8. The molecule has 4 aliphatic heterocycles. The van der Waals surface area contributed by atoms with Crippen molar-refractivity contribution < 1.29 is 69.8 Å². The van der Waals surface area contributed by atoms with Gasteiger partial charge in [-0.2, -0.15) is 0 Å². The van der Waals surface area contributed by atoms with E-state index in [1.54, 1.807) is 6.08 Å². The van der Waals surface area contributed by atoms with Crippen molar-refractivity contribution in [3.8, 4) is 0 Å². The molecule has 20 heteroatoms. The van der Waals surface area contributed by atoms with Crippen LogP contribution in [0.25, 0.3) is 5.76 Å². The van der Waals surface area contributed by atoms with E-state index in [2.05, 4.69) is 18.5 Å². The molecule has 4 aliphatic rings. The number of hydrogen-bond acceptors (Lipinski definition) is 15. The van der Waals surface area contributed by atoms with Crippen LogP contribution < -0.4 is 20.0 Å². The van der Waals surface area contributed by atoms with Crippen LogP contribution in [-0.2, 0) is 56.7 Å². The van der Waals surface area contributed by atoms with Crippen molar-refractivity contribution in [2.24, 2.45) is 0 Å². The number of nitrogens with one attached hydrogen (secondary N) is 1. The Labute approximate surface area is 281 Å². The van der Waals surface area contributed by atoms with Crippen molar-refractivity contribution in [2.75, 3.05) is 6.61 Å². The number of hydrogen-bond donors (Lipinski definition) is 1. The second-order valence-electron chi connectivity index (χ2n) is 11.7. The predicted octanol–water partition coefficient (Wildman–Crippen LogP) is 2.56. The molecule has 0 bridgehead atoms. The topological polar surface area (TPSA) is 227 Å². The molecule has 0 spiro atoms. The van der Waals surface area contributed by atoms with Crippen LogP contribution in [0.1, 0.15) is 30.5 Å². The Hall–Kier alpha value is -2.72. The first-order valence-corrected chi connectivity index (χ1v) is 19.4. The molecule has 6 unspecified atom stereocenters. The van der Waals surface area contributed by atoms with E-state index in [0.29, 0.717) is 17.8 Å². The molecule has 9 atom stereocenters. The fourth-order valence-corrected chi connectivity index (χ4v) is 9.14. The highest BCUT2D eigenvalue weighted by molar-refractivity contribution is 7.65. The van der Waals surface area contributed by atoms with Gasteiger partial charge >= 0.3 is 6.03 Å². The minimum absolute atomic E-state index is 0.299. The van der Waals surface area contributed by atoms with Gasteiger partial charge in [-0.15, -0.1) is 0 Å². The van der Waals surface area contributed by atoms with Gasteiger partial charge in [-0.25, -0.2) is 13.4 Å². The number of aryl methyl sites for hydroxylation is 1. The summed E-state index contributed by atoms with van der Waals surface area (Å²) in [6.07, 6.45) is -3.38. The van der Waals surface area contributed by atoms with E-state index in [1.165, 1.54) is 24.9 Å². The number of carbonyl (C=O) groups excluding carboxylic acids is 1. The molecule has 1 N–H and O–H groups in total. The Morgan fingerprint density at radius 2 is 1.63 bits per heavy atom. The molecule has 2 saturated heterocycles. The fraction of sp³-hybridized carbons (Fsp3) is 0.414. The van der Waals surface area contributed by atoms with Crippen LogP contribution >= 0.6 is 23.5 Å². The van der Waals surface area contributed by atoms with Gasteiger partial charge in [-0.3, -0.25) is 23.9 Å². The molecule has 2 aromatic rings. The van der Waals surface area contributed by atoms with E-state index in [9.17, 15) is 33.2 Å². The summed E-state index contributed by atoms with van der Waals surface area (Å²) in [5.74, 6) is 0.539. The van der Waals surface area contributed by atoms with Crippen LogP contribution in [0.15, 0.2) is 72.4 Å². The van der Waals surface area contributed by atoms with E-state index < -0.39 is 79.3 Å². The van der Waals surface area contributed by atoms with Crippen LogP contribution in [0.4, 0.5) is 4.79 Å². The largest absolute Gasteiger partial charge is 0.756 e. The minimum atomic E-state index is -6.04. The van der Waals surface area contributed by atoms with Gasteiger partial charge in [0.1, 0.15) is 24.1 Å². The van der Waals surface area contributed by atoms with Crippen molar-refractivity contribution in [2.45, 2.75) is 70.4 Å². The average Bonchev–Trinajstić information content (AvgIpc) is 3.68. The number of nitrogens with zero attached hydrogens (tertiary/aromatic N) is 1. The molecular formula is C29H32N2O15P3-3. The first-order valence-electron chi connectivity index (χ1n) is 15.0. The van der Waals surface area contributed by atoms with Crippen molar-refractivity contribution in [1.29, 1.82) is 0 Å². The maximum Gasteiger partial charge on any atom is 0.326 e. The van der Waals surface area contributed by atoms with Gasteiger partial charge in [-0.1, -0.05) is 54.1 Å². The molecule has 0 aliphatic carbocycles. The molecule has 2 aromatic carbocycles. The molecule has 0 radical (unpaired) electrons. The van der Waals surface area contributed by atoms with E-state index in [-0.39, 0.29) is 0 Å². The maximum atomic E-state index is 13.4. The van der Waals surface area contributed by atoms with Crippen molar-refractivity contribution in [3.63, 3.8) is 0 Å². The summed E-state index contributed by atoms with van der Waals surface area (Å²) in [7, 11) is -17.3. The van der Waals surface area contributed by atoms with Gasteiger partial charge in [-0.05, 0) is 38.5 Å². The number of phosphoric ester groups is 2. The van der Waals surface area contributed by atoms with Gasteiger partial charge in [0.15, 0.2) is 12.5 Å². The molecule has 0 aromatic heterocycles. The lowest BCUT2D eigenvalue weighted by Crippen LogP contribution is -2.54. The molecule has 6 rings (SSSR count). The van der Waals surface area contributed by atoms with Gasteiger partial charge in [0.25, 0.3) is 23.5 Å². The number of benzene rings is 2. The summed E-state index contributed by atoms with van der Waals surface area (Å²) in [5, 5.41) is 2.76. The van der Waals surface area contributed by atoms with E-state index in [4.69, 9.17) is 23.5 Å². The van der Waals surface area contributed by atoms with Crippen LogP contribution in [0.3, 0.4) is 0 Å². The van der Waals surface area contributed by atoms with Gasteiger partial charge in [0.2, 0.25) is 6.23 Å². The Balaban J connectivity index is 1.19. The Bertz CT molecular complexity index is 1770. The van der Waals surface area contributed by atoms with Crippen molar-refractivity contribution in [3.05, 3.63) is 89.1 Å². The number of phosphoric acid groups is 3. The van der Waals surface area contributed by atoms with E-state index >= 15 is 0 Å². The fourth-order valence-electron chi connectivity index (χ4n) is 5.60. The van der Waals surface area contributed by atoms with Gasteiger partial charge in [0.05, 0.1) is 12.7 Å². The first-order chi connectivity index (χ1) is 23.1. The predicted molar refractivity (Wildman–Crippen MR) is 162 cm³/mol. The number of rotatable bonds is 13. The molecule has 2 fully saturated rings. The summed E-state index contributed by atoms with van der Waals surface area (Å²) in [4.78, 5) is 50.9. The Morgan fingerprint density at radius 1 is 0.918 bits per heavy atom. The number of urea groups is 1. The first kappa shape index (κ1) is 36.1. The normalized spacial score (nSPS) is 29.9. The van der Waals surface area contributed by atoms with Crippen LogP contribution in [-0.4, -0.2) is 60.7 Å². The highest BCUT2D eigenvalue weighted by Crippen LogP contribution is 2.63. The molecule has 266 valence electrons. The van der Waals surface area contributed by atoms with Crippen LogP contribution in [0.2, 0.25) is 0 Å². The van der Waals surface area contributed by atoms with Gasteiger partial charge in [0, 0.05) is 23.8 Å². The maximum absolute atomic E-state index is 13.4. The zero-order valence-corrected chi connectivity index (χ0v) is 28.9. The summed E-state index contributed by atoms with van der Waals surface area (Å²) >= 11 is 0. The minimum Gasteiger partial charge on any atom is -0.756 e. The quantitative estimate of drug-likeness (QED) is 0.291. The number of fused-ring (bicyclic) bond motifs is 2. The highest BCUT2D eigenvalue weighted by Gasteiger charge is 2.56. The Kier molecular flexibility index (Phi) is 10.4. The van der Waals surface area contributed by atoms with Gasteiger partial charge < -0.3 is 42.7 Å². The molecule has 49 heavy (non-hydrogen) atoms. The Morgan fingerprint density at radius 3 is 2.35 bits per heavy atom. The van der Waals surface area contributed by atoms with Crippen molar-refractivity contribution >= 4 is 35.3 Å². The average molecular weight is 741 g/mol. The molecule has 0 saturated carbocycles. The van der Waals surface area contributed by atoms with Crippen LogP contribution in [0.5, 0.6) is 0 Å². The van der Waals surface area contributed by atoms with E-state index in [1.807, 2.05) is 61.5 Å². The lowest BCUT2D eigenvalue weighted by atomic mass is 10.1. The SMILES string of the molecule is Cc1cccc(C2=CC3=CN([C@@H]4O[C@H](COP(=O)([O-])OP(=O)([O-])OP(=O)([O-])OC(C)C)C5OC(Cc6ccccc6)O[C@@H]54)C(=O)NC3O2)c1. The third-order valence-electron chi connectivity index (χ3n) is 7.48. The third kappa shape index (κ3) is 8.78. The van der Waals surface area contributed by atoms with Crippen LogP contribution in [0, 0.1) is 6.92 Å². The smallest absolute Gasteiger partial charge is 0.326 e. The summed E-state index contributed by atoms with van der Waals surface area (Å²) in [6.45, 7) is 3.62.